The maximum Gasteiger partial charge on any atom is 0.266 e. The molecule has 0 aliphatic rings. The van der Waals surface area contributed by atoms with Crippen molar-refractivity contribution in [3.63, 3.8) is 0 Å². The summed E-state index contributed by atoms with van der Waals surface area (Å²) in [5.74, 6) is 0.538. The van der Waals surface area contributed by atoms with E-state index in [0.717, 1.165) is 16.7 Å². The van der Waals surface area contributed by atoms with Crippen LogP contribution in [0.4, 0.5) is 5.69 Å². The van der Waals surface area contributed by atoms with Crippen LogP contribution < -0.4 is 14.8 Å². The van der Waals surface area contributed by atoms with E-state index in [2.05, 4.69) is 5.32 Å². The lowest BCUT2D eigenvalue weighted by Gasteiger charge is -2.12. The molecule has 0 saturated heterocycles. The first-order valence-electron chi connectivity index (χ1n) is 9.96. The van der Waals surface area contributed by atoms with Crippen molar-refractivity contribution >= 4 is 29.3 Å². The summed E-state index contributed by atoms with van der Waals surface area (Å²) in [6.07, 6.45) is 1.52. The summed E-state index contributed by atoms with van der Waals surface area (Å²) in [5.41, 5.74) is 4.06. The van der Waals surface area contributed by atoms with Crippen molar-refractivity contribution in [2.24, 2.45) is 0 Å². The van der Waals surface area contributed by atoms with E-state index < -0.39 is 5.91 Å². The third-order valence-corrected chi connectivity index (χ3v) is 5.21. The van der Waals surface area contributed by atoms with Crippen molar-refractivity contribution < 1.29 is 14.3 Å². The molecule has 0 radical (unpaired) electrons. The highest BCUT2D eigenvalue weighted by Crippen LogP contribution is 2.30. The number of benzene rings is 3. The molecule has 0 heterocycles. The topological polar surface area (TPSA) is 71.3 Å². The van der Waals surface area contributed by atoms with Gasteiger partial charge in [-0.1, -0.05) is 48.0 Å². The minimum absolute atomic E-state index is 0.0203. The second-order valence-electron chi connectivity index (χ2n) is 7.23. The number of methoxy groups -OCH3 is 1. The highest BCUT2D eigenvalue weighted by molar-refractivity contribution is 6.31. The highest BCUT2D eigenvalue weighted by Gasteiger charge is 2.13. The van der Waals surface area contributed by atoms with Crippen LogP contribution in [0.3, 0.4) is 0 Å². The fourth-order valence-electron chi connectivity index (χ4n) is 3.04. The Morgan fingerprint density at radius 2 is 1.88 bits per heavy atom. The average Bonchev–Trinajstić information content (AvgIpc) is 2.79. The summed E-state index contributed by atoms with van der Waals surface area (Å²) in [6.45, 7) is 4.09. The fourth-order valence-corrected chi connectivity index (χ4v) is 3.23. The number of ether oxygens (including phenoxy) is 2. The number of anilines is 1. The third-order valence-electron chi connectivity index (χ3n) is 4.85. The van der Waals surface area contributed by atoms with Gasteiger partial charge in [-0.05, 0) is 60.9 Å². The van der Waals surface area contributed by atoms with Gasteiger partial charge in [0.25, 0.3) is 5.91 Å². The smallest absolute Gasteiger partial charge is 0.266 e. The second kappa shape index (κ2) is 10.5. The van der Waals surface area contributed by atoms with Crippen LogP contribution in [0.5, 0.6) is 11.5 Å². The number of hydrogen-bond acceptors (Lipinski definition) is 4. The van der Waals surface area contributed by atoms with Gasteiger partial charge < -0.3 is 14.8 Å². The van der Waals surface area contributed by atoms with Crippen LogP contribution in [0.25, 0.3) is 6.08 Å². The number of halogens is 1. The summed E-state index contributed by atoms with van der Waals surface area (Å²) in [4.78, 5) is 12.7. The zero-order valence-corrected chi connectivity index (χ0v) is 18.9. The Kier molecular flexibility index (Phi) is 7.54. The molecule has 0 atom stereocenters. The van der Waals surface area contributed by atoms with Crippen molar-refractivity contribution in [1.29, 1.82) is 5.26 Å². The van der Waals surface area contributed by atoms with E-state index in [1.165, 1.54) is 6.08 Å². The first kappa shape index (κ1) is 22.9. The lowest BCUT2D eigenvalue weighted by molar-refractivity contribution is -0.112. The van der Waals surface area contributed by atoms with Gasteiger partial charge in [-0.25, -0.2) is 0 Å². The van der Waals surface area contributed by atoms with E-state index in [0.29, 0.717) is 27.8 Å². The number of nitrogens with zero attached hydrogens (tertiary/aromatic N) is 1. The number of carbonyl (C=O) groups excluding carboxylic acids is 1. The second-order valence-corrected chi connectivity index (χ2v) is 7.64. The quantitative estimate of drug-likeness (QED) is 0.352. The molecule has 1 amide bonds. The minimum atomic E-state index is -0.476. The predicted octanol–water partition coefficient (Wildman–Crippen LogP) is 6.09. The van der Waals surface area contributed by atoms with Gasteiger partial charge in [0, 0.05) is 16.3 Å². The molecular formula is C26H23ClN2O3. The van der Waals surface area contributed by atoms with Crippen molar-refractivity contribution in [2.45, 2.75) is 20.5 Å². The molecule has 0 unspecified atom stereocenters. The van der Waals surface area contributed by atoms with Gasteiger partial charge in [-0.2, -0.15) is 5.26 Å². The maximum absolute atomic E-state index is 12.7. The number of amides is 1. The SMILES string of the molecule is COc1ccc(/C=C(/C#N)C(=O)Nc2cc(C)ccc2C)cc1OCc1ccccc1Cl. The highest BCUT2D eigenvalue weighted by atomic mass is 35.5. The van der Waals surface area contributed by atoms with E-state index in [1.807, 2.05) is 56.3 Å². The van der Waals surface area contributed by atoms with E-state index in [1.54, 1.807) is 31.4 Å². The molecule has 162 valence electrons. The van der Waals surface area contributed by atoms with Gasteiger partial charge in [0.2, 0.25) is 0 Å². The first-order valence-corrected chi connectivity index (χ1v) is 10.3. The van der Waals surface area contributed by atoms with Crippen LogP contribution in [0, 0.1) is 25.2 Å². The van der Waals surface area contributed by atoms with Crippen molar-refractivity contribution in [3.05, 3.63) is 93.5 Å². The Labute approximate surface area is 192 Å². The van der Waals surface area contributed by atoms with E-state index >= 15 is 0 Å². The van der Waals surface area contributed by atoms with Gasteiger partial charge in [0.15, 0.2) is 11.5 Å². The molecule has 3 aromatic rings. The number of nitrogens with one attached hydrogen (secondary N) is 1. The van der Waals surface area contributed by atoms with Crippen LogP contribution >= 0.6 is 11.6 Å². The lowest BCUT2D eigenvalue weighted by Crippen LogP contribution is -2.14. The molecule has 0 aliphatic carbocycles. The number of carbonyl (C=O) groups is 1. The van der Waals surface area contributed by atoms with E-state index in [9.17, 15) is 10.1 Å². The molecule has 6 heteroatoms. The summed E-state index contributed by atoms with van der Waals surface area (Å²) in [6, 6.07) is 20.4. The van der Waals surface area contributed by atoms with Crippen LogP contribution in [0.2, 0.25) is 5.02 Å². The number of aryl methyl sites for hydroxylation is 2. The molecule has 0 aromatic heterocycles. The Balaban J connectivity index is 1.83. The zero-order chi connectivity index (χ0) is 23.1. The Morgan fingerprint density at radius 1 is 1.09 bits per heavy atom. The molecule has 0 bridgehead atoms. The van der Waals surface area contributed by atoms with Gasteiger partial charge >= 0.3 is 0 Å². The first-order chi connectivity index (χ1) is 15.4. The number of nitriles is 1. The maximum atomic E-state index is 12.7. The van der Waals surface area contributed by atoms with Crippen LogP contribution in [0.1, 0.15) is 22.3 Å². The fraction of sp³-hybridized carbons (Fsp3) is 0.154. The Bertz CT molecular complexity index is 1210. The van der Waals surface area contributed by atoms with Crippen LogP contribution in [-0.2, 0) is 11.4 Å². The summed E-state index contributed by atoms with van der Waals surface area (Å²) in [5, 5.41) is 13.0. The van der Waals surface area contributed by atoms with Crippen molar-refractivity contribution in [2.75, 3.05) is 12.4 Å². The number of rotatable bonds is 7. The van der Waals surface area contributed by atoms with Gasteiger partial charge in [-0.3, -0.25) is 4.79 Å². The molecule has 1 N–H and O–H groups in total. The molecule has 0 fully saturated rings. The Hall–Kier alpha value is -3.75. The van der Waals surface area contributed by atoms with Gasteiger partial charge in [0.05, 0.1) is 7.11 Å². The summed E-state index contributed by atoms with van der Waals surface area (Å²) < 4.78 is 11.3. The minimum Gasteiger partial charge on any atom is -0.493 e. The summed E-state index contributed by atoms with van der Waals surface area (Å²) in [7, 11) is 1.55. The molecular weight excluding hydrogens is 424 g/mol. The van der Waals surface area contributed by atoms with Crippen molar-refractivity contribution in [1.82, 2.24) is 0 Å². The molecule has 3 aromatic carbocycles. The third kappa shape index (κ3) is 5.69. The molecule has 3 rings (SSSR count). The zero-order valence-electron chi connectivity index (χ0n) is 18.1. The Morgan fingerprint density at radius 3 is 2.59 bits per heavy atom. The van der Waals surface area contributed by atoms with Gasteiger partial charge in [0.1, 0.15) is 18.2 Å². The normalized spacial score (nSPS) is 10.9. The molecule has 0 spiro atoms. The van der Waals surface area contributed by atoms with E-state index in [-0.39, 0.29) is 12.2 Å². The van der Waals surface area contributed by atoms with E-state index in [4.69, 9.17) is 21.1 Å². The van der Waals surface area contributed by atoms with Crippen LogP contribution in [0.15, 0.2) is 66.2 Å². The molecule has 32 heavy (non-hydrogen) atoms. The standard InChI is InChI=1S/C26H23ClN2O3/c1-17-8-9-18(2)23(12-17)29-26(30)21(15-28)13-19-10-11-24(31-3)25(14-19)32-16-20-6-4-5-7-22(20)27/h4-14H,16H2,1-3H3,(H,29,30)/b21-13-. The largest absolute Gasteiger partial charge is 0.493 e. The molecule has 0 aliphatic heterocycles. The lowest BCUT2D eigenvalue weighted by atomic mass is 10.1. The van der Waals surface area contributed by atoms with Crippen LogP contribution in [-0.4, -0.2) is 13.0 Å². The monoisotopic (exact) mass is 446 g/mol. The average molecular weight is 447 g/mol. The molecule has 5 nitrogen and oxygen atoms in total. The summed E-state index contributed by atoms with van der Waals surface area (Å²) >= 11 is 6.20. The van der Waals surface area contributed by atoms with Gasteiger partial charge in [-0.15, -0.1) is 0 Å². The number of hydrogen-bond donors (Lipinski definition) is 1. The molecule has 0 saturated carbocycles. The predicted molar refractivity (Wildman–Crippen MR) is 127 cm³/mol. The van der Waals surface area contributed by atoms with Crippen molar-refractivity contribution in [3.8, 4) is 17.6 Å².